The topological polar surface area (TPSA) is 70.0 Å². The van der Waals surface area contributed by atoms with Crippen LogP contribution < -0.4 is 5.32 Å². The van der Waals surface area contributed by atoms with Crippen molar-refractivity contribution in [2.45, 2.75) is 46.7 Å². The number of oxazole rings is 1. The van der Waals surface area contributed by atoms with Gasteiger partial charge in [0.2, 0.25) is 5.89 Å². The SMILES string of the molecule is CCNC(=NCC1CCN(Cc2nc(C)c(C)o2)CC1)N(C)Cc1cc2ccccc2o1. The monoisotopic (exact) mass is 437 g/mol. The van der Waals surface area contributed by atoms with E-state index in [9.17, 15) is 0 Å². The summed E-state index contributed by atoms with van der Waals surface area (Å²) in [5.41, 5.74) is 1.92. The molecule has 1 aliphatic heterocycles. The van der Waals surface area contributed by atoms with Crippen LogP contribution in [-0.4, -0.2) is 54.0 Å². The summed E-state index contributed by atoms with van der Waals surface area (Å²) in [7, 11) is 2.07. The lowest BCUT2D eigenvalue weighted by molar-refractivity contribution is 0.166. The third-order valence-corrected chi connectivity index (χ3v) is 6.20. The highest BCUT2D eigenvalue weighted by atomic mass is 16.4. The van der Waals surface area contributed by atoms with E-state index < -0.39 is 0 Å². The predicted octanol–water partition coefficient (Wildman–Crippen LogP) is 4.35. The summed E-state index contributed by atoms with van der Waals surface area (Å²) in [6, 6.07) is 10.2. The van der Waals surface area contributed by atoms with Crippen LogP contribution >= 0.6 is 0 Å². The van der Waals surface area contributed by atoms with E-state index in [2.05, 4.69) is 46.2 Å². The van der Waals surface area contributed by atoms with E-state index in [0.29, 0.717) is 12.5 Å². The van der Waals surface area contributed by atoms with Gasteiger partial charge in [-0.2, -0.15) is 0 Å². The number of aromatic nitrogens is 1. The first-order valence-electron chi connectivity index (χ1n) is 11.6. The van der Waals surface area contributed by atoms with E-state index in [1.54, 1.807) is 0 Å². The van der Waals surface area contributed by atoms with Crippen molar-refractivity contribution >= 4 is 16.9 Å². The Bertz CT molecular complexity index is 993. The van der Waals surface area contributed by atoms with E-state index in [0.717, 1.165) is 85.6 Å². The number of likely N-dealkylation sites (tertiary alicyclic amines) is 1. The molecule has 1 saturated heterocycles. The number of nitrogens with one attached hydrogen (secondary N) is 1. The van der Waals surface area contributed by atoms with Gasteiger partial charge in [0, 0.05) is 25.5 Å². The smallest absolute Gasteiger partial charge is 0.208 e. The van der Waals surface area contributed by atoms with Gasteiger partial charge in [-0.1, -0.05) is 18.2 Å². The van der Waals surface area contributed by atoms with Crippen LogP contribution in [0.3, 0.4) is 0 Å². The van der Waals surface area contributed by atoms with Crippen molar-refractivity contribution < 1.29 is 8.83 Å². The summed E-state index contributed by atoms with van der Waals surface area (Å²) >= 11 is 0. The Morgan fingerprint density at radius 2 is 2.00 bits per heavy atom. The molecule has 3 heterocycles. The van der Waals surface area contributed by atoms with Gasteiger partial charge in [0.25, 0.3) is 0 Å². The van der Waals surface area contributed by atoms with E-state index in [4.69, 9.17) is 13.8 Å². The minimum Gasteiger partial charge on any atom is -0.459 e. The van der Waals surface area contributed by atoms with Crippen LogP contribution in [0.1, 0.15) is 42.9 Å². The number of benzene rings is 1. The Morgan fingerprint density at radius 1 is 1.22 bits per heavy atom. The van der Waals surface area contributed by atoms with Crippen molar-refractivity contribution in [1.82, 2.24) is 20.1 Å². The fourth-order valence-corrected chi connectivity index (χ4v) is 4.23. The number of hydrogen-bond donors (Lipinski definition) is 1. The van der Waals surface area contributed by atoms with Crippen molar-refractivity contribution in [3.8, 4) is 0 Å². The second kappa shape index (κ2) is 10.2. The van der Waals surface area contributed by atoms with Crippen LogP contribution in [0.2, 0.25) is 0 Å². The summed E-state index contributed by atoms with van der Waals surface area (Å²) in [5.74, 6) is 4.24. The number of aliphatic imine (C=N–C) groups is 1. The van der Waals surface area contributed by atoms with Gasteiger partial charge in [0.05, 0.1) is 18.8 Å². The Balaban J connectivity index is 1.30. The quantitative estimate of drug-likeness (QED) is 0.438. The molecule has 0 spiro atoms. The van der Waals surface area contributed by atoms with E-state index in [-0.39, 0.29) is 0 Å². The number of hydrogen-bond acceptors (Lipinski definition) is 5. The van der Waals surface area contributed by atoms with E-state index in [1.807, 2.05) is 32.0 Å². The molecule has 0 unspecified atom stereocenters. The fraction of sp³-hybridized carbons (Fsp3) is 0.520. The number of nitrogens with zero attached hydrogens (tertiary/aromatic N) is 4. The third-order valence-electron chi connectivity index (χ3n) is 6.20. The molecule has 1 aliphatic rings. The van der Waals surface area contributed by atoms with Crippen LogP contribution in [0.4, 0.5) is 0 Å². The molecule has 2 aromatic heterocycles. The molecule has 4 rings (SSSR count). The Labute approximate surface area is 190 Å². The van der Waals surface area contributed by atoms with Gasteiger partial charge >= 0.3 is 0 Å². The Kier molecular flexibility index (Phi) is 7.15. The lowest BCUT2D eigenvalue weighted by atomic mass is 9.97. The van der Waals surface area contributed by atoms with Crippen molar-refractivity contribution in [1.29, 1.82) is 0 Å². The molecule has 32 heavy (non-hydrogen) atoms. The van der Waals surface area contributed by atoms with Crippen molar-refractivity contribution in [3.05, 3.63) is 53.4 Å². The standard InChI is InChI=1S/C25H35N5O2/c1-5-26-25(29(4)16-22-14-21-8-6-7-9-23(21)32-22)27-15-20-10-12-30(13-11-20)17-24-28-18(2)19(3)31-24/h6-9,14,20H,5,10-13,15-17H2,1-4H3,(H,26,27). The molecule has 0 atom stereocenters. The van der Waals surface area contributed by atoms with Gasteiger partial charge < -0.3 is 19.1 Å². The van der Waals surface area contributed by atoms with Crippen LogP contribution in [-0.2, 0) is 13.1 Å². The van der Waals surface area contributed by atoms with E-state index >= 15 is 0 Å². The first-order valence-corrected chi connectivity index (χ1v) is 11.6. The summed E-state index contributed by atoms with van der Waals surface area (Å²) in [4.78, 5) is 14.0. The minimum atomic E-state index is 0.604. The molecule has 1 fully saturated rings. The summed E-state index contributed by atoms with van der Waals surface area (Å²) in [6.07, 6.45) is 2.30. The Morgan fingerprint density at radius 3 is 2.69 bits per heavy atom. The van der Waals surface area contributed by atoms with Gasteiger partial charge in [-0.05, 0) is 64.8 Å². The van der Waals surface area contributed by atoms with Crippen LogP contribution in [0, 0.1) is 19.8 Å². The predicted molar refractivity (Wildman–Crippen MR) is 128 cm³/mol. The van der Waals surface area contributed by atoms with Crippen LogP contribution in [0.25, 0.3) is 11.0 Å². The molecule has 0 saturated carbocycles. The lowest BCUT2D eigenvalue weighted by Gasteiger charge is -2.30. The summed E-state index contributed by atoms with van der Waals surface area (Å²) in [5, 5.41) is 4.57. The molecule has 0 radical (unpaired) electrons. The molecule has 0 aliphatic carbocycles. The molecule has 0 amide bonds. The van der Waals surface area contributed by atoms with Gasteiger partial charge in [0.1, 0.15) is 17.1 Å². The highest BCUT2D eigenvalue weighted by Gasteiger charge is 2.21. The molecule has 7 heteroatoms. The van der Waals surface area contributed by atoms with Crippen LogP contribution in [0.15, 0.2) is 44.2 Å². The van der Waals surface area contributed by atoms with E-state index in [1.165, 1.54) is 0 Å². The first-order chi connectivity index (χ1) is 15.5. The van der Waals surface area contributed by atoms with Crippen molar-refractivity contribution in [2.24, 2.45) is 10.9 Å². The number of para-hydroxylation sites is 1. The largest absolute Gasteiger partial charge is 0.459 e. The second-order valence-corrected chi connectivity index (χ2v) is 8.77. The highest BCUT2D eigenvalue weighted by molar-refractivity contribution is 5.80. The molecule has 1 N–H and O–H groups in total. The number of furan rings is 1. The average Bonchev–Trinajstić information content (AvgIpc) is 3.33. The molecular formula is C25H35N5O2. The summed E-state index contributed by atoms with van der Waals surface area (Å²) < 4.78 is 11.7. The van der Waals surface area contributed by atoms with Gasteiger partial charge in [-0.15, -0.1) is 0 Å². The third kappa shape index (κ3) is 5.51. The fourth-order valence-electron chi connectivity index (χ4n) is 4.23. The molecule has 3 aromatic rings. The molecule has 7 nitrogen and oxygen atoms in total. The van der Waals surface area contributed by atoms with Gasteiger partial charge in [0.15, 0.2) is 5.96 Å². The first kappa shape index (κ1) is 22.4. The second-order valence-electron chi connectivity index (χ2n) is 8.77. The molecule has 172 valence electrons. The number of guanidine groups is 1. The lowest BCUT2D eigenvalue weighted by Crippen LogP contribution is -2.39. The van der Waals surface area contributed by atoms with Gasteiger partial charge in [-0.3, -0.25) is 9.89 Å². The zero-order valence-corrected chi connectivity index (χ0v) is 19.7. The zero-order valence-electron chi connectivity index (χ0n) is 19.7. The van der Waals surface area contributed by atoms with Gasteiger partial charge in [-0.25, -0.2) is 4.98 Å². The Hall–Kier alpha value is -2.80. The van der Waals surface area contributed by atoms with Crippen molar-refractivity contribution in [2.75, 3.05) is 33.2 Å². The number of fused-ring (bicyclic) bond motifs is 1. The zero-order chi connectivity index (χ0) is 22.5. The van der Waals surface area contributed by atoms with Crippen molar-refractivity contribution in [3.63, 3.8) is 0 Å². The summed E-state index contributed by atoms with van der Waals surface area (Å²) in [6.45, 7) is 11.4. The number of aryl methyl sites for hydroxylation is 2. The molecular weight excluding hydrogens is 402 g/mol. The number of piperidine rings is 1. The molecule has 0 bridgehead atoms. The van der Waals surface area contributed by atoms with Crippen LogP contribution in [0.5, 0.6) is 0 Å². The maximum Gasteiger partial charge on any atom is 0.208 e. The number of rotatable bonds is 7. The highest BCUT2D eigenvalue weighted by Crippen LogP contribution is 2.21. The average molecular weight is 438 g/mol. The maximum atomic E-state index is 5.99. The normalized spacial score (nSPS) is 16.1. The molecule has 1 aromatic carbocycles. The maximum absolute atomic E-state index is 5.99. The minimum absolute atomic E-state index is 0.604.